The lowest BCUT2D eigenvalue weighted by Gasteiger charge is -2.49. The van der Waals surface area contributed by atoms with Crippen molar-refractivity contribution in [1.29, 1.82) is 0 Å². The first-order valence-corrected chi connectivity index (χ1v) is 12.1. The van der Waals surface area contributed by atoms with Gasteiger partial charge in [0.1, 0.15) is 6.04 Å². The SMILES string of the molecule is CCCCOC(=O)C1CC(C)(Br)C(C)(Br)CN1S(=O)(=O)c1ccc(C)cc1. The number of benzene rings is 1. The maximum absolute atomic E-state index is 13.3. The summed E-state index contributed by atoms with van der Waals surface area (Å²) in [6, 6.07) is 5.80. The van der Waals surface area contributed by atoms with Gasteiger partial charge in [0.2, 0.25) is 10.0 Å². The fraction of sp³-hybridized carbons (Fsp3) is 0.632. The van der Waals surface area contributed by atoms with Gasteiger partial charge >= 0.3 is 5.97 Å². The highest BCUT2D eigenvalue weighted by Gasteiger charge is 2.54. The summed E-state index contributed by atoms with van der Waals surface area (Å²) in [6.07, 6.45) is 1.97. The zero-order valence-electron chi connectivity index (χ0n) is 16.2. The number of sulfonamides is 1. The van der Waals surface area contributed by atoms with Gasteiger partial charge in [-0.05, 0) is 45.7 Å². The summed E-state index contributed by atoms with van der Waals surface area (Å²) >= 11 is 7.35. The number of carbonyl (C=O) groups is 1. The molecule has 1 aromatic rings. The monoisotopic (exact) mass is 523 g/mol. The van der Waals surface area contributed by atoms with Crippen molar-refractivity contribution in [2.45, 2.75) is 66.5 Å². The molecule has 0 aliphatic carbocycles. The number of unbranched alkanes of at least 4 members (excludes halogenated alkanes) is 1. The number of hydrogen-bond acceptors (Lipinski definition) is 4. The molecule has 1 fully saturated rings. The first-order chi connectivity index (χ1) is 12.4. The minimum atomic E-state index is -3.84. The summed E-state index contributed by atoms with van der Waals surface area (Å²) in [7, 11) is -3.84. The molecule has 3 atom stereocenters. The van der Waals surface area contributed by atoms with Crippen LogP contribution in [0.4, 0.5) is 0 Å². The second-order valence-electron chi connectivity index (χ2n) is 7.50. The molecular weight excluding hydrogens is 498 g/mol. The Morgan fingerprint density at radius 2 is 1.81 bits per heavy atom. The van der Waals surface area contributed by atoms with Gasteiger partial charge in [0.15, 0.2) is 0 Å². The number of rotatable bonds is 6. The van der Waals surface area contributed by atoms with Crippen LogP contribution in [0.15, 0.2) is 29.2 Å². The Hall–Kier alpha value is -0.440. The van der Waals surface area contributed by atoms with Crippen molar-refractivity contribution in [3.05, 3.63) is 29.8 Å². The van der Waals surface area contributed by atoms with Crippen LogP contribution in [-0.2, 0) is 19.6 Å². The molecule has 1 aliphatic rings. The van der Waals surface area contributed by atoms with Crippen LogP contribution < -0.4 is 0 Å². The zero-order valence-corrected chi connectivity index (χ0v) is 20.2. The molecule has 0 spiro atoms. The van der Waals surface area contributed by atoms with Crippen molar-refractivity contribution < 1.29 is 17.9 Å². The molecular formula is C19H27Br2NO4S. The topological polar surface area (TPSA) is 63.7 Å². The average Bonchev–Trinajstić information content (AvgIpc) is 2.57. The molecule has 8 heteroatoms. The van der Waals surface area contributed by atoms with Crippen LogP contribution in [0.25, 0.3) is 0 Å². The quantitative estimate of drug-likeness (QED) is 0.314. The number of alkyl halides is 2. The van der Waals surface area contributed by atoms with E-state index in [2.05, 4.69) is 31.9 Å². The van der Waals surface area contributed by atoms with E-state index in [1.165, 1.54) is 4.31 Å². The van der Waals surface area contributed by atoms with Gasteiger partial charge in [-0.2, -0.15) is 4.31 Å². The second-order valence-corrected chi connectivity index (χ2v) is 12.9. The van der Waals surface area contributed by atoms with Crippen LogP contribution in [0.3, 0.4) is 0 Å². The third-order valence-electron chi connectivity index (χ3n) is 5.11. The van der Waals surface area contributed by atoms with E-state index in [0.717, 1.165) is 18.4 Å². The first kappa shape index (κ1) is 22.8. The molecule has 5 nitrogen and oxygen atoms in total. The van der Waals surface area contributed by atoms with E-state index >= 15 is 0 Å². The molecule has 1 aliphatic heterocycles. The zero-order chi connectivity index (χ0) is 20.5. The lowest BCUT2D eigenvalue weighted by molar-refractivity contribution is -0.149. The van der Waals surface area contributed by atoms with Gasteiger partial charge in [-0.1, -0.05) is 62.9 Å². The van der Waals surface area contributed by atoms with Crippen molar-refractivity contribution in [1.82, 2.24) is 4.31 Å². The average molecular weight is 525 g/mol. The van der Waals surface area contributed by atoms with E-state index in [0.29, 0.717) is 13.0 Å². The highest BCUT2D eigenvalue weighted by Crippen LogP contribution is 2.48. The van der Waals surface area contributed by atoms with Gasteiger partial charge in [-0.3, -0.25) is 4.79 Å². The third-order valence-corrected chi connectivity index (χ3v) is 9.83. The number of ether oxygens (including phenoxy) is 1. The van der Waals surface area contributed by atoms with Crippen molar-refractivity contribution in [3.63, 3.8) is 0 Å². The third kappa shape index (κ3) is 4.95. The summed E-state index contributed by atoms with van der Waals surface area (Å²) in [6.45, 7) is 8.25. The lowest BCUT2D eigenvalue weighted by Crippen LogP contribution is -2.63. The molecule has 27 heavy (non-hydrogen) atoms. The standard InChI is InChI=1S/C19H27Br2NO4S/c1-5-6-11-26-17(23)16-12-18(3,20)19(4,21)13-22(16)27(24,25)15-9-7-14(2)8-10-15/h7-10,16H,5-6,11-13H2,1-4H3. The van der Waals surface area contributed by atoms with Gasteiger partial charge in [0.25, 0.3) is 0 Å². The minimum absolute atomic E-state index is 0.151. The predicted octanol–water partition coefficient (Wildman–Crippen LogP) is 4.41. The number of carbonyl (C=O) groups excluding carboxylic acids is 1. The lowest BCUT2D eigenvalue weighted by atomic mass is 9.85. The van der Waals surface area contributed by atoms with Crippen LogP contribution in [0.5, 0.6) is 0 Å². The molecule has 2 rings (SSSR count). The van der Waals surface area contributed by atoms with E-state index in [1.54, 1.807) is 24.3 Å². The Balaban J connectivity index is 2.41. The molecule has 3 unspecified atom stereocenters. The number of piperidine rings is 1. The first-order valence-electron chi connectivity index (χ1n) is 9.05. The Labute approximate surface area is 179 Å². The molecule has 1 aromatic carbocycles. The minimum Gasteiger partial charge on any atom is -0.464 e. The summed E-state index contributed by atoms with van der Waals surface area (Å²) in [5, 5.41) is 0. The van der Waals surface area contributed by atoms with Crippen LogP contribution in [-0.4, -0.2) is 46.5 Å². The van der Waals surface area contributed by atoms with Crippen LogP contribution in [0, 0.1) is 6.92 Å². The smallest absolute Gasteiger partial charge is 0.324 e. The molecule has 0 bridgehead atoms. The van der Waals surface area contributed by atoms with E-state index in [4.69, 9.17) is 4.74 Å². The maximum Gasteiger partial charge on any atom is 0.324 e. The number of esters is 1. The number of nitrogens with zero attached hydrogens (tertiary/aromatic N) is 1. The molecule has 0 radical (unpaired) electrons. The van der Waals surface area contributed by atoms with Crippen LogP contribution in [0.2, 0.25) is 0 Å². The number of aryl methyl sites for hydroxylation is 1. The van der Waals surface area contributed by atoms with Gasteiger partial charge < -0.3 is 4.74 Å². The summed E-state index contributed by atoms with van der Waals surface area (Å²) in [4.78, 5) is 12.9. The molecule has 1 heterocycles. The molecule has 0 aromatic heterocycles. The second kappa shape index (κ2) is 8.51. The molecule has 0 saturated carbocycles. The van der Waals surface area contributed by atoms with Gasteiger partial charge in [0.05, 0.1) is 15.8 Å². The Morgan fingerprint density at radius 1 is 1.22 bits per heavy atom. The van der Waals surface area contributed by atoms with Crippen LogP contribution in [0.1, 0.15) is 45.6 Å². The highest BCUT2D eigenvalue weighted by atomic mass is 79.9. The maximum atomic E-state index is 13.3. The predicted molar refractivity (Wildman–Crippen MR) is 114 cm³/mol. The molecule has 0 amide bonds. The van der Waals surface area contributed by atoms with E-state index in [-0.39, 0.29) is 11.4 Å². The number of hydrogen-bond donors (Lipinski definition) is 0. The van der Waals surface area contributed by atoms with Gasteiger partial charge in [-0.15, -0.1) is 0 Å². The Kier molecular flexibility index (Phi) is 7.20. The van der Waals surface area contributed by atoms with Crippen molar-refractivity contribution >= 4 is 47.9 Å². The fourth-order valence-electron chi connectivity index (χ4n) is 2.96. The normalized spacial score (nSPS) is 29.5. The van der Waals surface area contributed by atoms with Crippen molar-refractivity contribution in [2.24, 2.45) is 0 Å². The Bertz CT molecular complexity index is 775. The van der Waals surface area contributed by atoms with E-state index in [9.17, 15) is 13.2 Å². The molecule has 0 N–H and O–H groups in total. The Morgan fingerprint density at radius 3 is 2.37 bits per heavy atom. The highest BCUT2D eigenvalue weighted by molar-refractivity contribution is 9.13. The van der Waals surface area contributed by atoms with Gasteiger partial charge in [0, 0.05) is 10.9 Å². The fourth-order valence-corrected chi connectivity index (χ4v) is 5.66. The van der Waals surface area contributed by atoms with Crippen LogP contribution >= 0.6 is 31.9 Å². The summed E-state index contributed by atoms with van der Waals surface area (Å²) in [5.41, 5.74) is 0.974. The van der Waals surface area contributed by atoms with Crippen molar-refractivity contribution in [2.75, 3.05) is 13.2 Å². The van der Waals surface area contributed by atoms with Gasteiger partial charge in [-0.25, -0.2) is 8.42 Å². The summed E-state index contributed by atoms with van der Waals surface area (Å²) < 4.78 is 32.3. The van der Waals surface area contributed by atoms with E-state index < -0.39 is 30.7 Å². The van der Waals surface area contributed by atoms with E-state index in [1.807, 2.05) is 27.7 Å². The summed E-state index contributed by atoms with van der Waals surface area (Å²) in [5.74, 6) is -0.493. The number of halogens is 2. The van der Waals surface area contributed by atoms with Crippen molar-refractivity contribution in [3.8, 4) is 0 Å². The molecule has 152 valence electrons. The molecule has 1 saturated heterocycles. The largest absolute Gasteiger partial charge is 0.464 e.